The van der Waals surface area contributed by atoms with Crippen LogP contribution in [-0.2, 0) is 11.2 Å². The third-order valence-electron chi connectivity index (χ3n) is 2.75. The highest BCUT2D eigenvalue weighted by atomic mass is 16.4. The molecule has 2 aromatic rings. The summed E-state index contributed by atoms with van der Waals surface area (Å²) >= 11 is 0. The van der Waals surface area contributed by atoms with E-state index in [0.29, 0.717) is 18.0 Å². The second-order valence-corrected chi connectivity index (χ2v) is 4.07. The zero-order chi connectivity index (χ0) is 13.1. The molecule has 0 saturated carbocycles. The smallest absolute Gasteiger partial charge is 0.303 e. The van der Waals surface area contributed by atoms with E-state index in [1.165, 1.54) is 0 Å². The van der Waals surface area contributed by atoms with Crippen molar-refractivity contribution in [1.82, 2.24) is 9.97 Å². The standard InChI is InChI=1S/C13H14N2O3/c1-8-10(5-6-12(16)17)9(2)15-13(14-8)11-4-3-7-18-11/h3-4,7H,5-6H2,1-2H3,(H,16,17). The van der Waals surface area contributed by atoms with Gasteiger partial charge >= 0.3 is 5.97 Å². The summed E-state index contributed by atoms with van der Waals surface area (Å²) in [7, 11) is 0. The van der Waals surface area contributed by atoms with Crippen LogP contribution in [0.25, 0.3) is 11.6 Å². The molecule has 0 atom stereocenters. The number of hydrogen-bond acceptors (Lipinski definition) is 4. The highest BCUT2D eigenvalue weighted by Crippen LogP contribution is 2.20. The summed E-state index contributed by atoms with van der Waals surface area (Å²) in [6, 6.07) is 3.58. The van der Waals surface area contributed by atoms with E-state index < -0.39 is 5.97 Å². The first kappa shape index (κ1) is 12.3. The number of hydrogen-bond donors (Lipinski definition) is 1. The normalized spacial score (nSPS) is 10.6. The molecule has 18 heavy (non-hydrogen) atoms. The third-order valence-corrected chi connectivity index (χ3v) is 2.75. The van der Waals surface area contributed by atoms with Gasteiger partial charge in [0.05, 0.1) is 6.26 Å². The molecular weight excluding hydrogens is 232 g/mol. The van der Waals surface area contributed by atoms with Crippen molar-refractivity contribution in [2.24, 2.45) is 0 Å². The van der Waals surface area contributed by atoms with Crippen LogP contribution in [0.5, 0.6) is 0 Å². The Morgan fingerprint density at radius 1 is 1.33 bits per heavy atom. The van der Waals surface area contributed by atoms with Crippen LogP contribution in [0.1, 0.15) is 23.4 Å². The van der Waals surface area contributed by atoms with Gasteiger partial charge in [0, 0.05) is 17.8 Å². The first-order chi connectivity index (χ1) is 8.58. The van der Waals surface area contributed by atoms with E-state index in [2.05, 4.69) is 9.97 Å². The van der Waals surface area contributed by atoms with Crippen molar-refractivity contribution in [3.8, 4) is 11.6 Å². The van der Waals surface area contributed by atoms with Crippen LogP contribution < -0.4 is 0 Å². The number of nitrogens with zero attached hydrogens (tertiary/aromatic N) is 2. The van der Waals surface area contributed by atoms with Gasteiger partial charge in [-0.1, -0.05) is 0 Å². The van der Waals surface area contributed by atoms with Gasteiger partial charge in [-0.3, -0.25) is 4.79 Å². The number of carboxylic acid groups (broad SMARTS) is 1. The Labute approximate surface area is 105 Å². The Morgan fingerprint density at radius 2 is 2.00 bits per heavy atom. The minimum absolute atomic E-state index is 0.0884. The molecule has 0 unspecified atom stereocenters. The summed E-state index contributed by atoms with van der Waals surface area (Å²) in [5.41, 5.74) is 2.50. The number of carbonyl (C=O) groups is 1. The van der Waals surface area contributed by atoms with Crippen LogP contribution in [0.15, 0.2) is 22.8 Å². The van der Waals surface area contributed by atoms with Crippen LogP contribution in [0.4, 0.5) is 0 Å². The lowest BCUT2D eigenvalue weighted by Gasteiger charge is -2.08. The van der Waals surface area contributed by atoms with Crippen LogP contribution >= 0.6 is 0 Å². The number of aliphatic carboxylic acids is 1. The van der Waals surface area contributed by atoms with Crippen molar-refractivity contribution in [3.05, 3.63) is 35.3 Å². The third kappa shape index (κ3) is 2.56. The SMILES string of the molecule is Cc1nc(-c2ccco2)nc(C)c1CCC(=O)O. The highest BCUT2D eigenvalue weighted by molar-refractivity contribution is 5.67. The molecule has 0 bridgehead atoms. The second kappa shape index (κ2) is 5.00. The molecule has 0 saturated heterocycles. The minimum atomic E-state index is -0.816. The fourth-order valence-corrected chi connectivity index (χ4v) is 1.85. The Morgan fingerprint density at radius 3 is 2.50 bits per heavy atom. The molecule has 2 aromatic heterocycles. The lowest BCUT2D eigenvalue weighted by atomic mass is 10.1. The Bertz CT molecular complexity index is 539. The number of rotatable bonds is 4. The molecule has 0 fully saturated rings. The van der Waals surface area contributed by atoms with Crippen LogP contribution in [0.2, 0.25) is 0 Å². The van der Waals surface area contributed by atoms with Gasteiger partial charge < -0.3 is 9.52 Å². The maximum Gasteiger partial charge on any atom is 0.303 e. The van der Waals surface area contributed by atoms with Gasteiger partial charge in [-0.15, -0.1) is 0 Å². The number of furan rings is 1. The monoisotopic (exact) mass is 246 g/mol. The molecule has 0 aliphatic rings. The summed E-state index contributed by atoms with van der Waals surface area (Å²) in [5.74, 6) is 0.337. The van der Waals surface area contributed by atoms with Gasteiger partial charge in [-0.2, -0.15) is 0 Å². The van der Waals surface area contributed by atoms with Crippen LogP contribution in [0, 0.1) is 13.8 Å². The number of aryl methyl sites for hydroxylation is 2. The van der Waals surface area contributed by atoms with Crippen molar-refractivity contribution in [3.63, 3.8) is 0 Å². The lowest BCUT2D eigenvalue weighted by Crippen LogP contribution is -2.05. The Hall–Kier alpha value is -2.17. The average Bonchev–Trinajstić information content (AvgIpc) is 2.80. The largest absolute Gasteiger partial charge is 0.481 e. The fourth-order valence-electron chi connectivity index (χ4n) is 1.85. The molecule has 0 aromatic carbocycles. The van der Waals surface area contributed by atoms with Gasteiger partial charge in [-0.25, -0.2) is 9.97 Å². The quantitative estimate of drug-likeness (QED) is 0.896. The highest BCUT2D eigenvalue weighted by Gasteiger charge is 2.12. The molecule has 0 radical (unpaired) electrons. The Kier molecular flexibility index (Phi) is 3.41. The molecule has 5 heteroatoms. The zero-order valence-electron chi connectivity index (χ0n) is 10.3. The summed E-state index contributed by atoms with van der Waals surface area (Å²) in [5, 5.41) is 8.71. The van der Waals surface area contributed by atoms with Crippen molar-refractivity contribution in [2.45, 2.75) is 26.7 Å². The Balaban J connectivity index is 2.32. The zero-order valence-corrected chi connectivity index (χ0v) is 10.3. The molecule has 0 amide bonds. The lowest BCUT2D eigenvalue weighted by molar-refractivity contribution is -0.136. The number of carboxylic acids is 1. The van der Waals surface area contributed by atoms with Crippen molar-refractivity contribution >= 4 is 5.97 Å². The molecular formula is C13H14N2O3. The van der Waals surface area contributed by atoms with E-state index in [1.807, 2.05) is 13.8 Å². The topological polar surface area (TPSA) is 76.2 Å². The van der Waals surface area contributed by atoms with Gasteiger partial charge in [0.1, 0.15) is 0 Å². The van der Waals surface area contributed by atoms with Gasteiger partial charge in [0.15, 0.2) is 11.6 Å². The molecule has 94 valence electrons. The minimum Gasteiger partial charge on any atom is -0.481 e. The van der Waals surface area contributed by atoms with Crippen LogP contribution in [-0.4, -0.2) is 21.0 Å². The summed E-state index contributed by atoms with van der Waals surface area (Å²) in [6.07, 6.45) is 2.11. The van der Waals surface area contributed by atoms with Crippen molar-refractivity contribution in [1.29, 1.82) is 0 Å². The molecule has 2 rings (SSSR count). The van der Waals surface area contributed by atoms with Crippen molar-refractivity contribution in [2.75, 3.05) is 0 Å². The maximum absolute atomic E-state index is 10.6. The molecule has 5 nitrogen and oxygen atoms in total. The van der Waals surface area contributed by atoms with E-state index in [1.54, 1.807) is 18.4 Å². The summed E-state index contributed by atoms with van der Waals surface area (Å²) < 4.78 is 5.25. The number of aromatic nitrogens is 2. The first-order valence-corrected chi connectivity index (χ1v) is 5.67. The molecule has 0 spiro atoms. The summed E-state index contributed by atoms with van der Waals surface area (Å²) in [4.78, 5) is 19.3. The predicted octanol–water partition coefficient (Wildman–Crippen LogP) is 2.37. The molecule has 0 aliphatic heterocycles. The summed E-state index contributed by atoms with van der Waals surface area (Å²) in [6.45, 7) is 3.72. The first-order valence-electron chi connectivity index (χ1n) is 5.67. The van der Waals surface area contributed by atoms with E-state index in [9.17, 15) is 4.79 Å². The molecule has 0 aliphatic carbocycles. The van der Waals surface area contributed by atoms with Crippen LogP contribution in [0.3, 0.4) is 0 Å². The van der Waals surface area contributed by atoms with Gasteiger partial charge in [-0.05, 0) is 38.0 Å². The average molecular weight is 246 g/mol. The van der Waals surface area contributed by atoms with Gasteiger partial charge in [0.25, 0.3) is 0 Å². The predicted molar refractivity (Wildman–Crippen MR) is 65.2 cm³/mol. The van der Waals surface area contributed by atoms with E-state index in [-0.39, 0.29) is 6.42 Å². The van der Waals surface area contributed by atoms with Crippen molar-refractivity contribution < 1.29 is 14.3 Å². The fraction of sp³-hybridized carbons (Fsp3) is 0.308. The van der Waals surface area contributed by atoms with Gasteiger partial charge in [0.2, 0.25) is 0 Å². The maximum atomic E-state index is 10.6. The molecule has 1 N–H and O–H groups in total. The molecule has 2 heterocycles. The van der Waals surface area contributed by atoms with E-state index in [4.69, 9.17) is 9.52 Å². The van der Waals surface area contributed by atoms with E-state index in [0.717, 1.165) is 17.0 Å². The van der Waals surface area contributed by atoms with E-state index >= 15 is 0 Å². The second-order valence-electron chi connectivity index (χ2n) is 4.07.